The Bertz CT molecular complexity index is 655. The zero-order chi connectivity index (χ0) is 14.8. The topological polar surface area (TPSA) is 59.0 Å². The zero-order valence-corrected chi connectivity index (χ0v) is 12.9. The van der Waals surface area contributed by atoms with Gasteiger partial charge in [-0.25, -0.2) is 4.79 Å². The number of hydrogen-bond donors (Lipinski definition) is 2. The molecule has 0 spiro atoms. The van der Waals surface area contributed by atoms with E-state index < -0.39 is 0 Å². The second-order valence-electron chi connectivity index (χ2n) is 5.19. The lowest BCUT2D eigenvalue weighted by molar-refractivity contribution is 0.235. The van der Waals surface area contributed by atoms with Gasteiger partial charge in [-0.15, -0.1) is 11.8 Å². The molecule has 2 amide bonds. The Kier molecular flexibility index (Phi) is 3.88. The fourth-order valence-corrected chi connectivity index (χ4v) is 3.59. The Hall–Kier alpha value is -1.95. The van der Waals surface area contributed by atoms with Gasteiger partial charge in [0.25, 0.3) is 0 Å². The highest BCUT2D eigenvalue weighted by atomic mass is 32.2. The molecule has 5 nitrogen and oxygen atoms in total. The SMILES string of the molecule is C[C@H](NC(=O)N[C@H]1CSc2ccccc21)c1cnn(C)c1. The van der Waals surface area contributed by atoms with Crippen molar-refractivity contribution in [2.24, 2.45) is 7.05 Å². The molecule has 2 heterocycles. The Morgan fingerprint density at radius 3 is 3.05 bits per heavy atom. The van der Waals surface area contributed by atoms with Crippen LogP contribution in [0.5, 0.6) is 0 Å². The number of benzene rings is 1. The van der Waals surface area contributed by atoms with Crippen molar-refractivity contribution in [2.75, 3.05) is 5.75 Å². The molecule has 1 aliphatic rings. The van der Waals surface area contributed by atoms with E-state index in [1.165, 1.54) is 10.5 Å². The van der Waals surface area contributed by atoms with E-state index in [-0.39, 0.29) is 18.1 Å². The van der Waals surface area contributed by atoms with E-state index in [1.807, 2.05) is 32.3 Å². The predicted molar refractivity (Wildman–Crippen MR) is 83.2 cm³/mol. The second-order valence-corrected chi connectivity index (χ2v) is 6.25. The van der Waals surface area contributed by atoms with E-state index in [1.54, 1.807) is 22.6 Å². The highest BCUT2D eigenvalue weighted by molar-refractivity contribution is 7.99. The maximum Gasteiger partial charge on any atom is 0.315 e. The molecule has 0 fully saturated rings. The zero-order valence-electron chi connectivity index (χ0n) is 12.0. The van der Waals surface area contributed by atoms with Crippen LogP contribution >= 0.6 is 11.8 Å². The number of fused-ring (bicyclic) bond motifs is 1. The molecule has 21 heavy (non-hydrogen) atoms. The third kappa shape index (κ3) is 3.05. The van der Waals surface area contributed by atoms with Crippen LogP contribution in [-0.4, -0.2) is 21.6 Å². The Morgan fingerprint density at radius 1 is 1.48 bits per heavy atom. The van der Waals surface area contributed by atoms with E-state index in [2.05, 4.69) is 27.9 Å². The van der Waals surface area contributed by atoms with Crippen molar-refractivity contribution in [3.63, 3.8) is 0 Å². The van der Waals surface area contributed by atoms with Gasteiger partial charge in [-0.2, -0.15) is 5.10 Å². The van der Waals surface area contributed by atoms with Gasteiger partial charge in [0.2, 0.25) is 0 Å². The van der Waals surface area contributed by atoms with Crippen molar-refractivity contribution in [1.29, 1.82) is 0 Å². The van der Waals surface area contributed by atoms with Gasteiger partial charge in [0.05, 0.1) is 18.3 Å². The van der Waals surface area contributed by atoms with Crippen molar-refractivity contribution in [1.82, 2.24) is 20.4 Å². The maximum atomic E-state index is 12.1. The summed E-state index contributed by atoms with van der Waals surface area (Å²) in [4.78, 5) is 13.4. The van der Waals surface area contributed by atoms with Gasteiger partial charge in [-0.1, -0.05) is 18.2 Å². The number of nitrogens with one attached hydrogen (secondary N) is 2. The number of amides is 2. The summed E-state index contributed by atoms with van der Waals surface area (Å²) in [6.45, 7) is 1.95. The summed E-state index contributed by atoms with van der Waals surface area (Å²) in [6.07, 6.45) is 3.68. The summed E-state index contributed by atoms with van der Waals surface area (Å²) in [7, 11) is 1.86. The Balaban J connectivity index is 1.60. The van der Waals surface area contributed by atoms with Crippen LogP contribution in [0.3, 0.4) is 0 Å². The molecule has 3 rings (SSSR count). The first-order valence-corrected chi connectivity index (χ1v) is 7.89. The predicted octanol–water partition coefficient (Wildman–Crippen LogP) is 2.63. The van der Waals surface area contributed by atoms with Crippen LogP contribution in [0.4, 0.5) is 4.79 Å². The van der Waals surface area contributed by atoms with Crippen LogP contribution in [0.1, 0.15) is 30.1 Å². The van der Waals surface area contributed by atoms with Crippen LogP contribution in [0, 0.1) is 0 Å². The number of hydrogen-bond acceptors (Lipinski definition) is 3. The average molecular weight is 302 g/mol. The molecule has 6 heteroatoms. The minimum Gasteiger partial charge on any atom is -0.332 e. The van der Waals surface area contributed by atoms with Crippen molar-refractivity contribution >= 4 is 17.8 Å². The molecule has 0 aliphatic carbocycles. The molecule has 110 valence electrons. The third-order valence-electron chi connectivity index (χ3n) is 3.58. The Morgan fingerprint density at radius 2 is 2.29 bits per heavy atom. The number of carbonyl (C=O) groups excluding carboxylic acids is 1. The molecule has 0 radical (unpaired) electrons. The van der Waals surface area contributed by atoms with E-state index in [4.69, 9.17) is 0 Å². The average Bonchev–Trinajstić information content (AvgIpc) is 3.06. The molecule has 2 atom stereocenters. The molecule has 0 bridgehead atoms. The molecule has 0 saturated carbocycles. The molecule has 2 aromatic rings. The highest BCUT2D eigenvalue weighted by Gasteiger charge is 2.24. The van der Waals surface area contributed by atoms with E-state index in [0.29, 0.717) is 0 Å². The quantitative estimate of drug-likeness (QED) is 0.916. The summed E-state index contributed by atoms with van der Waals surface area (Å²) >= 11 is 1.78. The largest absolute Gasteiger partial charge is 0.332 e. The van der Waals surface area contributed by atoms with Crippen molar-refractivity contribution < 1.29 is 4.79 Å². The standard InChI is InChI=1S/C15H18N4OS/c1-10(11-7-16-19(2)8-11)17-15(20)18-13-9-21-14-6-4-3-5-12(13)14/h3-8,10,13H,9H2,1-2H3,(H2,17,18,20)/t10-,13-/m0/s1. The second kappa shape index (κ2) is 5.81. The fraction of sp³-hybridized carbons (Fsp3) is 0.333. The van der Waals surface area contributed by atoms with Gasteiger partial charge in [0, 0.05) is 29.5 Å². The van der Waals surface area contributed by atoms with E-state index in [9.17, 15) is 4.79 Å². The number of aryl methyl sites for hydroxylation is 1. The summed E-state index contributed by atoms with van der Waals surface area (Å²) in [5.41, 5.74) is 2.19. The van der Waals surface area contributed by atoms with Crippen molar-refractivity contribution in [3.8, 4) is 0 Å². The lowest BCUT2D eigenvalue weighted by Gasteiger charge is -2.17. The number of thioether (sulfide) groups is 1. The summed E-state index contributed by atoms with van der Waals surface area (Å²) in [5.74, 6) is 0.883. The summed E-state index contributed by atoms with van der Waals surface area (Å²) in [5, 5.41) is 10.1. The van der Waals surface area contributed by atoms with Gasteiger partial charge >= 0.3 is 6.03 Å². The number of rotatable bonds is 3. The van der Waals surface area contributed by atoms with Gasteiger partial charge < -0.3 is 10.6 Å². The van der Waals surface area contributed by atoms with Crippen molar-refractivity contribution in [2.45, 2.75) is 23.9 Å². The van der Waals surface area contributed by atoms with Crippen LogP contribution in [0.25, 0.3) is 0 Å². The molecule has 1 aliphatic heterocycles. The fourth-order valence-electron chi connectivity index (χ4n) is 2.43. The van der Waals surface area contributed by atoms with E-state index >= 15 is 0 Å². The molecule has 0 unspecified atom stereocenters. The minimum absolute atomic E-state index is 0.0667. The van der Waals surface area contributed by atoms with Crippen molar-refractivity contribution in [3.05, 3.63) is 47.8 Å². The lowest BCUT2D eigenvalue weighted by atomic mass is 10.1. The first kappa shape index (κ1) is 14.0. The molecule has 2 N–H and O–H groups in total. The molecule has 1 aromatic heterocycles. The molecular weight excluding hydrogens is 284 g/mol. The first-order valence-electron chi connectivity index (χ1n) is 6.91. The van der Waals surface area contributed by atoms with Gasteiger partial charge in [0.1, 0.15) is 0 Å². The number of aromatic nitrogens is 2. The van der Waals surface area contributed by atoms with Crippen LogP contribution in [-0.2, 0) is 7.05 Å². The van der Waals surface area contributed by atoms with Gasteiger partial charge in [-0.3, -0.25) is 4.68 Å². The number of carbonyl (C=O) groups is 1. The lowest BCUT2D eigenvalue weighted by Crippen LogP contribution is -2.39. The summed E-state index contributed by atoms with van der Waals surface area (Å²) in [6, 6.07) is 8.07. The summed E-state index contributed by atoms with van der Waals surface area (Å²) < 4.78 is 1.73. The Labute approximate surface area is 128 Å². The van der Waals surface area contributed by atoms with Crippen LogP contribution in [0.15, 0.2) is 41.6 Å². The molecule has 0 saturated heterocycles. The number of nitrogens with zero attached hydrogens (tertiary/aromatic N) is 2. The smallest absolute Gasteiger partial charge is 0.315 e. The monoisotopic (exact) mass is 302 g/mol. The number of urea groups is 1. The van der Waals surface area contributed by atoms with Gasteiger partial charge in [0.15, 0.2) is 0 Å². The van der Waals surface area contributed by atoms with E-state index in [0.717, 1.165) is 11.3 Å². The van der Waals surface area contributed by atoms with Crippen LogP contribution < -0.4 is 10.6 Å². The highest BCUT2D eigenvalue weighted by Crippen LogP contribution is 2.37. The van der Waals surface area contributed by atoms with Crippen LogP contribution in [0.2, 0.25) is 0 Å². The first-order chi connectivity index (χ1) is 10.1. The third-order valence-corrected chi connectivity index (χ3v) is 4.76. The minimum atomic E-state index is -0.145. The normalized spacial score (nSPS) is 18.1. The molecular formula is C15H18N4OS. The molecule has 1 aromatic carbocycles. The maximum absolute atomic E-state index is 12.1. The van der Waals surface area contributed by atoms with Gasteiger partial charge in [-0.05, 0) is 18.6 Å².